The number of aliphatic hydroxyl groups is 2. The second-order valence-electron chi connectivity index (χ2n) is 9.55. The number of aliphatic hydroxyl groups excluding tert-OH is 2. The number of hydrogen-bond donors (Lipinski definition) is 4. The fourth-order valence-electron chi connectivity index (χ4n) is 4.26. The molecule has 1 aliphatic rings. The summed E-state index contributed by atoms with van der Waals surface area (Å²) >= 11 is 0. The minimum atomic E-state index is -4.45. The molecule has 1 fully saturated rings. The van der Waals surface area contributed by atoms with E-state index in [0.717, 1.165) is 6.33 Å². The number of aromatic nitrogens is 3. The average Bonchev–Trinajstić information content (AvgIpc) is 3.47. The van der Waals surface area contributed by atoms with Gasteiger partial charge in [0.25, 0.3) is 0 Å². The van der Waals surface area contributed by atoms with Gasteiger partial charge in [-0.3, -0.25) is 9.32 Å². The molecule has 2 aromatic heterocycles. The van der Waals surface area contributed by atoms with Gasteiger partial charge in [-0.15, -0.1) is 6.42 Å². The predicted octanol–water partition coefficient (Wildman–Crippen LogP) is 1.29. The molecule has 15 heteroatoms. The summed E-state index contributed by atoms with van der Waals surface area (Å²) in [5.41, 5.74) is 1.74. The molecule has 3 aromatic rings. The summed E-state index contributed by atoms with van der Waals surface area (Å²) in [5.74, 6) is 1.72. The maximum Gasteiger partial charge on any atom is 0.459 e. The van der Waals surface area contributed by atoms with Crippen LogP contribution in [0.4, 0.5) is 5.82 Å². The molecule has 4 rings (SSSR count). The fourth-order valence-corrected chi connectivity index (χ4v) is 5.78. The zero-order valence-electron chi connectivity index (χ0n) is 22.4. The number of anilines is 1. The minimum Gasteiger partial charge on any atom is -0.462 e. The summed E-state index contributed by atoms with van der Waals surface area (Å²) in [6.45, 7) is 3.85. The summed E-state index contributed by atoms with van der Waals surface area (Å²) in [6.07, 6.45) is 2.63. The van der Waals surface area contributed by atoms with Crippen molar-refractivity contribution in [3.63, 3.8) is 0 Å². The van der Waals surface area contributed by atoms with E-state index in [1.807, 2.05) is 6.07 Å². The molecule has 0 spiro atoms. The lowest BCUT2D eigenvalue weighted by molar-refractivity contribution is -0.149. The first-order valence-corrected chi connectivity index (χ1v) is 14.0. The summed E-state index contributed by atoms with van der Waals surface area (Å²) in [4.78, 5) is 16.3. The van der Waals surface area contributed by atoms with Crippen molar-refractivity contribution in [1.29, 1.82) is 5.26 Å². The summed E-state index contributed by atoms with van der Waals surface area (Å²) < 4.78 is 37.5. The van der Waals surface area contributed by atoms with Crippen molar-refractivity contribution in [3.8, 4) is 24.2 Å². The lowest BCUT2D eigenvalue weighted by Crippen LogP contribution is -2.46. The molecule has 0 saturated carbocycles. The van der Waals surface area contributed by atoms with Crippen molar-refractivity contribution in [2.45, 2.75) is 56.3 Å². The second-order valence-corrected chi connectivity index (χ2v) is 11.2. The van der Waals surface area contributed by atoms with E-state index < -0.39 is 55.9 Å². The third-order valence-electron chi connectivity index (χ3n) is 6.28. The van der Waals surface area contributed by atoms with Crippen molar-refractivity contribution < 1.29 is 38.1 Å². The molecule has 6 atom stereocenters. The smallest absolute Gasteiger partial charge is 0.459 e. The lowest BCUT2D eigenvalue weighted by atomic mass is 9.89. The highest BCUT2D eigenvalue weighted by atomic mass is 31.2. The molecule has 5 N–H and O–H groups in total. The molecule has 1 saturated heterocycles. The number of nitrogen functional groups attached to an aromatic ring is 1. The Kier molecular flexibility index (Phi) is 8.38. The van der Waals surface area contributed by atoms with Crippen LogP contribution in [0.3, 0.4) is 0 Å². The van der Waals surface area contributed by atoms with Gasteiger partial charge in [0.2, 0.25) is 5.60 Å². The second kappa shape index (κ2) is 11.5. The van der Waals surface area contributed by atoms with Crippen LogP contribution < -0.4 is 15.3 Å². The Labute approximate surface area is 235 Å². The molecule has 0 bridgehead atoms. The summed E-state index contributed by atoms with van der Waals surface area (Å²) in [5, 5.41) is 39.0. The van der Waals surface area contributed by atoms with Crippen LogP contribution in [0.15, 0.2) is 48.8 Å². The van der Waals surface area contributed by atoms with Gasteiger partial charge in [0.1, 0.15) is 48.5 Å². The predicted molar refractivity (Wildman–Crippen MR) is 144 cm³/mol. The Bertz CT molecular complexity index is 1550. The molecule has 3 heterocycles. The van der Waals surface area contributed by atoms with E-state index >= 15 is 0 Å². The van der Waals surface area contributed by atoms with Crippen molar-refractivity contribution in [1.82, 2.24) is 19.7 Å². The highest BCUT2D eigenvalue weighted by Gasteiger charge is 2.65. The van der Waals surface area contributed by atoms with Crippen LogP contribution >= 0.6 is 7.75 Å². The minimum absolute atomic E-state index is 0.000304. The number of nitrogens with two attached hydrogens (primary N) is 1. The average molecular weight is 585 g/mol. The van der Waals surface area contributed by atoms with Gasteiger partial charge in [-0.2, -0.15) is 15.4 Å². The van der Waals surface area contributed by atoms with E-state index in [1.165, 1.54) is 35.7 Å². The number of nitrogens with zero attached hydrogens (tertiary/aromatic N) is 4. The first-order chi connectivity index (χ1) is 19.4. The number of nitriles is 1. The number of fused-ring (bicyclic) bond motifs is 1. The number of carbonyl (C=O) groups is 1. The van der Waals surface area contributed by atoms with Crippen LogP contribution in [0.2, 0.25) is 0 Å². The largest absolute Gasteiger partial charge is 0.462 e. The van der Waals surface area contributed by atoms with Gasteiger partial charge >= 0.3 is 13.7 Å². The van der Waals surface area contributed by atoms with E-state index in [2.05, 4.69) is 21.1 Å². The number of nitrogens with one attached hydrogen (secondary N) is 1. The number of rotatable bonds is 10. The SMILES string of the molecule is C#C[C@]1(CO[P@@](=O)(N[C@@H](C)C(=O)OC(C)C)Oc2ccccc2)O[C@@](C#N)(c2ccc3c(N)ncnn23)C(O)[C@H]1O. The zero-order valence-corrected chi connectivity index (χ0v) is 23.3. The molecule has 216 valence electrons. The van der Waals surface area contributed by atoms with Gasteiger partial charge in [0.05, 0.1) is 11.8 Å². The number of hydrogen-bond acceptors (Lipinski definition) is 12. The zero-order chi connectivity index (χ0) is 30.0. The monoisotopic (exact) mass is 584 g/mol. The molecule has 1 unspecified atom stereocenters. The van der Waals surface area contributed by atoms with Gasteiger partial charge < -0.3 is 29.9 Å². The van der Waals surface area contributed by atoms with E-state index in [9.17, 15) is 24.8 Å². The number of esters is 1. The summed E-state index contributed by atoms with van der Waals surface area (Å²) in [7, 11) is -4.45. The third kappa shape index (κ3) is 5.62. The molecule has 14 nitrogen and oxygen atoms in total. The molecule has 0 aliphatic carbocycles. The number of ether oxygens (including phenoxy) is 2. The number of para-hydroxylation sites is 1. The molecular formula is C26H29N6O8P. The Balaban J connectivity index is 1.67. The third-order valence-corrected chi connectivity index (χ3v) is 7.91. The Morgan fingerprint density at radius 2 is 1.98 bits per heavy atom. The highest BCUT2D eigenvalue weighted by Crippen LogP contribution is 2.50. The van der Waals surface area contributed by atoms with Gasteiger partial charge in [-0.25, -0.2) is 14.1 Å². The maximum absolute atomic E-state index is 13.9. The molecule has 1 aliphatic heterocycles. The number of terminal acetylenes is 1. The van der Waals surface area contributed by atoms with E-state index in [4.69, 9.17) is 30.7 Å². The van der Waals surface area contributed by atoms with Crippen LogP contribution in [-0.4, -0.2) is 67.3 Å². The van der Waals surface area contributed by atoms with Gasteiger partial charge in [-0.05, 0) is 45.0 Å². The van der Waals surface area contributed by atoms with Crippen LogP contribution in [0, 0.1) is 23.7 Å². The van der Waals surface area contributed by atoms with Crippen LogP contribution in [-0.2, 0) is 29.0 Å². The first kappa shape index (κ1) is 30.0. The normalized spacial score (nSPS) is 26.1. The molecular weight excluding hydrogens is 555 g/mol. The fraction of sp³-hybridized carbons (Fsp3) is 0.385. The van der Waals surface area contributed by atoms with Crippen molar-refractivity contribution in [2.24, 2.45) is 0 Å². The molecule has 1 aromatic carbocycles. The Hall–Kier alpha value is -4.01. The lowest BCUT2D eigenvalue weighted by Gasteiger charge is -2.30. The number of carbonyl (C=O) groups excluding carboxylic acids is 1. The van der Waals surface area contributed by atoms with E-state index in [0.29, 0.717) is 5.52 Å². The van der Waals surface area contributed by atoms with Crippen LogP contribution in [0.25, 0.3) is 5.52 Å². The van der Waals surface area contributed by atoms with Crippen molar-refractivity contribution in [3.05, 3.63) is 54.5 Å². The molecule has 41 heavy (non-hydrogen) atoms. The maximum atomic E-state index is 13.9. The van der Waals surface area contributed by atoms with Crippen molar-refractivity contribution >= 4 is 25.1 Å². The van der Waals surface area contributed by atoms with Gasteiger partial charge in [0, 0.05) is 0 Å². The van der Waals surface area contributed by atoms with Gasteiger partial charge in [0.15, 0.2) is 11.4 Å². The first-order valence-electron chi connectivity index (χ1n) is 12.4. The van der Waals surface area contributed by atoms with Gasteiger partial charge in [-0.1, -0.05) is 24.1 Å². The van der Waals surface area contributed by atoms with Crippen LogP contribution in [0.1, 0.15) is 26.5 Å². The number of benzene rings is 1. The van der Waals surface area contributed by atoms with Crippen LogP contribution in [0.5, 0.6) is 5.75 Å². The quantitative estimate of drug-likeness (QED) is 0.151. The molecule has 0 amide bonds. The van der Waals surface area contributed by atoms with E-state index in [-0.39, 0.29) is 17.3 Å². The topological polar surface area (TPSA) is 204 Å². The van der Waals surface area contributed by atoms with E-state index in [1.54, 1.807) is 32.0 Å². The summed E-state index contributed by atoms with van der Waals surface area (Å²) in [6, 6.07) is 11.6. The highest BCUT2D eigenvalue weighted by molar-refractivity contribution is 7.52. The van der Waals surface area contributed by atoms with Crippen molar-refractivity contribution in [2.75, 3.05) is 12.3 Å². The standard InChI is InChI=1S/C26H29N6O8P/c1-5-25(14-37-41(36,39-18-9-7-6-8-10-18)31-17(4)24(35)38-16(2)3)21(33)22(34)26(13-27,40-25)20-12-11-19-23(28)29-15-30-32(19)20/h1,6-12,15-17,21-22,33-34H,14H2,2-4H3,(H,31,36)(H2,28,29,30)/t17-,21+,22?,25+,26-,41-/m0/s1. The Morgan fingerprint density at radius 3 is 2.61 bits per heavy atom. The Morgan fingerprint density at radius 1 is 1.27 bits per heavy atom. The molecule has 0 radical (unpaired) electrons.